The van der Waals surface area contributed by atoms with Gasteiger partial charge < -0.3 is 4.74 Å². The van der Waals surface area contributed by atoms with E-state index in [2.05, 4.69) is 34.8 Å². The van der Waals surface area contributed by atoms with Crippen molar-refractivity contribution in [3.63, 3.8) is 0 Å². The average molecular weight is 286 g/mol. The van der Waals surface area contributed by atoms with E-state index in [1.807, 2.05) is 0 Å². The highest BCUT2D eigenvalue weighted by Crippen LogP contribution is 2.23. The lowest BCUT2D eigenvalue weighted by Gasteiger charge is -2.06. The molecular formula is C12H13BrFNO. The van der Waals surface area contributed by atoms with Gasteiger partial charge in [0.2, 0.25) is 5.90 Å². The maximum absolute atomic E-state index is 12.9. The zero-order valence-corrected chi connectivity index (χ0v) is 10.8. The maximum atomic E-state index is 12.9. The topological polar surface area (TPSA) is 21.6 Å². The molecule has 86 valence electrons. The Balaban J connectivity index is 2.29. The summed E-state index contributed by atoms with van der Waals surface area (Å²) < 4.78 is 19.1. The van der Waals surface area contributed by atoms with Crippen molar-refractivity contribution >= 4 is 21.8 Å². The summed E-state index contributed by atoms with van der Waals surface area (Å²) >= 11 is 3.31. The Morgan fingerprint density at radius 3 is 2.81 bits per heavy atom. The smallest absolute Gasteiger partial charge is 0.217 e. The number of aliphatic imine (C=N–C) groups is 1. The van der Waals surface area contributed by atoms with Crippen LogP contribution in [0.4, 0.5) is 4.39 Å². The Morgan fingerprint density at radius 1 is 1.50 bits per heavy atom. The van der Waals surface area contributed by atoms with Crippen LogP contribution in [0, 0.1) is 11.7 Å². The van der Waals surface area contributed by atoms with Gasteiger partial charge in [-0.1, -0.05) is 13.8 Å². The fourth-order valence-corrected chi connectivity index (χ4v) is 2.06. The maximum Gasteiger partial charge on any atom is 0.217 e. The van der Waals surface area contributed by atoms with Crippen LogP contribution in [0.2, 0.25) is 0 Å². The highest BCUT2D eigenvalue weighted by molar-refractivity contribution is 9.10. The molecule has 0 saturated carbocycles. The number of ether oxygens (including phenoxy) is 1. The van der Waals surface area contributed by atoms with Crippen molar-refractivity contribution in [3.05, 3.63) is 34.1 Å². The molecule has 0 aliphatic carbocycles. The molecule has 0 radical (unpaired) electrons. The van der Waals surface area contributed by atoms with Crippen molar-refractivity contribution in [2.45, 2.75) is 19.9 Å². The van der Waals surface area contributed by atoms with E-state index in [1.54, 1.807) is 6.07 Å². The van der Waals surface area contributed by atoms with Gasteiger partial charge in [0.15, 0.2) is 0 Å². The van der Waals surface area contributed by atoms with E-state index >= 15 is 0 Å². The fourth-order valence-electron chi connectivity index (χ4n) is 1.54. The van der Waals surface area contributed by atoms with Gasteiger partial charge in [-0.15, -0.1) is 0 Å². The molecule has 1 aromatic carbocycles. The van der Waals surface area contributed by atoms with Crippen LogP contribution >= 0.6 is 15.9 Å². The van der Waals surface area contributed by atoms with Crippen LogP contribution in [-0.2, 0) is 4.74 Å². The molecule has 16 heavy (non-hydrogen) atoms. The number of nitrogens with zero attached hydrogens (tertiary/aromatic N) is 1. The number of hydrogen-bond acceptors (Lipinski definition) is 2. The SMILES string of the molecule is CC(C)C1COC(c2ccc(F)cc2Br)=N1. The lowest BCUT2D eigenvalue weighted by atomic mass is 10.1. The molecule has 0 spiro atoms. The van der Waals surface area contributed by atoms with Gasteiger partial charge in [-0.2, -0.15) is 0 Å². The molecule has 0 aromatic heterocycles. The summed E-state index contributed by atoms with van der Waals surface area (Å²) in [5.74, 6) is 0.789. The Bertz CT molecular complexity index is 431. The van der Waals surface area contributed by atoms with Gasteiger partial charge in [-0.3, -0.25) is 0 Å². The minimum absolute atomic E-state index is 0.201. The molecule has 2 nitrogen and oxygen atoms in total. The van der Waals surface area contributed by atoms with Crippen LogP contribution < -0.4 is 0 Å². The predicted octanol–water partition coefficient (Wildman–Crippen LogP) is 3.39. The Labute approximate surface area is 103 Å². The van der Waals surface area contributed by atoms with Crippen molar-refractivity contribution in [1.29, 1.82) is 0 Å². The molecule has 1 aliphatic heterocycles. The summed E-state index contributed by atoms with van der Waals surface area (Å²) in [6.45, 7) is 4.83. The van der Waals surface area contributed by atoms with Crippen LogP contribution in [0.25, 0.3) is 0 Å². The summed E-state index contributed by atoms with van der Waals surface area (Å²) in [6, 6.07) is 4.71. The molecule has 0 bridgehead atoms. The van der Waals surface area contributed by atoms with Crippen molar-refractivity contribution in [1.82, 2.24) is 0 Å². The summed E-state index contributed by atoms with van der Waals surface area (Å²) in [5, 5.41) is 0. The molecule has 1 unspecified atom stereocenters. The van der Waals surface area contributed by atoms with E-state index in [9.17, 15) is 4.39 Å². The van der Waals surface area contributed by atoms with E-state index in [4.69, 9.17) is 4.74 Å². The van der Waals surface area contributed by atoms with Crippen LogP contribution in [0.3, 0.4) is 0 Å². The fraction of sp³-hybridized carbons (Fsp3) is 0.417. The molecule has 4 heteroatoms. The van der Waals surface area contributed by atoms with E-state index in [0.29, 0.717) is 22.9 Å². The lowest BCUT2D eigenvalue weighted by Crippen LogP contribution is -2.13. The van der Waals surface area contributed by atoms with Gasteiger partial charge in [-0.05, 0) is 40.0 Å². The summed E-state index contributed by atoms with van der Waals surface area (Å²) in [7, 11) is 0. The third-order valence-electron chi connectivity index (χ3n) is 2.60. The highest BCUT2D eigenvalue weighted by atomic mass is 79.9. The summed E-state index contributed by atoms with van der Waals surface area (Å²) in [5.41, 5.74) is 0.810. The second kappa shape index (κ2) is 4.53. The van der Waals surface area contributed by atoms with Crippen LogP contribution in [0.5, 0.6) is 0 Å². The zero-order valence-electron chi connectivity index (χ0n) is 9.21. The first kappa shape index (κ1) is 11.6. The minimum atomic E-state index is -0.269. The molecule has 1 heterocycles. The number of hydrogen-bond donors (Lipinski definition) is 0. The summed E-state index contributed by atoms with van der Waals surface area (Å²) in [4.78, 5) is 4.49. The molecule has 1 aliphatic rings. The molecule has 1 aromatic rings. The molecule has 0 fully saturated rings. The molecule has 0 N–H and O–H groups in total. The monoisotopic (exact) mass is 285 g/mol. The van der Waals surface area contributed by atoms with Crippen molar-refractivity contribution < 1.29 is 9.13 Å². The van der Waals surface area contributed by atoms with Crippen LogP contribution in [-0.4, -0.2) is 18.5 Å². The number of halogens is 2. The zero-order chi connectivity index (χ0) is 11.7. The van der Waals surface area contributed by atoms with Gasteiger partial charge >= 0.3 is 0 Å². The van der Waals surface area contributed by atoms with Gasteiger partial charge in [0.25, 0.3) is 0 Å². The Kier molecular flexibility index (Phi) is 3.28. The summed E-state index contributed by atoms with van der Waals surface area (Å²) in [6.07, 6.45) is 0. The van der Waals surface area contributed by atoms with Gasteiger partial charge in [-0.25, -0.2) is 9.38 Å². The van der Waals surface area contributed by atoms with Gasteiger partial charge in [0.1, 0.15) is 12.4 Å². The second-order valence-electron chi connectivity index (χ2n) is 4.18. The first-order valence-corrected chi connectivity index (χ1v) is 6.03. The number of rotatable bonds is 2. The minimum Gasteiger partial charge on any atom is -0.475 e. The third kappa shape index (κ3) is 2.26. The Hall–Kier alpha value is -0.900. The Morgan fingerprint density at radius 2 is 2.25 bits per heavy atom. The van der Waals surface area contributed by atoms with Crippen molar-refractivity contribution in [2.24, 2.45) is 10.9 Å². The quantitative estimate of drug-likeness (QED) is 0.816. The normalized spacial score (nSPS) is 19.8. The standard InChI is InChI=1S/C12H13BrFNO/c1-7(2)11-6-16-12(15-11)9-4-3-8(14)5-10(9)13/h3-5,7,11H,6H2,1-2H3. The molecule has 2 rings (SSSR count). The predicted molar refractivity (Wildman–Crippen MR) is 65.2 cm³/mol. The van der Waals surface area contributed by atoms with Gasteiger partial charge in [0.05, 0.1) is 11.6 Å². The van der Waals surface area contributed by atoms with Crippen LogP contribution in [0.15, 0.2) is 27.7 Å². The second-order valence-corrected chi connectivity index (χ2v) is 5.04. The van der Waals surface area contributed by atoms with Crippen LogP contribution in [0.1, 0.15) is 19.4 Å². The van der Waals surface area contributed by atoms with Crippen molar-refractivity contribution in [2.75, 3.05) is 6.61 Å². The largest absolute Gasteiger partial charge is 0.475 e. The molecular weight excluding hydrogens is 273 g/mol. The van der Waals surface area contributed by atoms with E-state index in [1.165, 1.54) is 12.1 Å². The van der Waals surface area contributed by atoms with E-state index in [-0.39, 0.29) is 11.9 Å². The average Bonchev–Trinajstić information content (AvgIpc) is 2.66. The molecule has 0 amide bonds. The lowest BCUT2D eigenvalue weighted by molar-refractivity contribution is 0.291. The van der Waals surface area contributed by atoms with Crippen molar-refractivity contribution in [3.8, 4) is 0 Å². The first-order chi connectivity index (χ1) is 7.58. The first-order valence-electron chi connectivity index (χ1n) is 5.24. The van der Waals surface area contributed by atoms with E-state index in [0.717, 1.165) is 5.56 Å². The van der Waals surface area contributed by atoms with Gasteiger partial charge in [0, 0.05) is 4.47 Å². The molecule has 1 atom stereocenters. The third-order valence-corrected chi connectivity index (χ3v) is 3.26. The van der Waals surface area contributed by atoms with E-state index < -0.39 is 0 Å². The molecule has 0 saturated heterocycles. The number of benzene rings is 1. The highest BCUT2D eigenvalue weighted by Gasteiger charge is 2.23.